The van der Waals surface area contributed by atoms with Crippen LogP contribution in [0.2, 0.25) is 0 Å². The summed E-state index contributed by atoms with van der Waals surface area (Å²) in [7, 11) is 0. The Bertz CT molecular complexity index is 944. The van der Waals surface area contributed by atoms with Crippen molar-refractivity contribution in [2.24, 2.45) is 0 Å². The molecule has 0 spiro atoms. The SMILES string of the molecule is CCN(CC)C(=O)c1cccc(NC(=O)CCn2cnc3ccccc32)c1. The number of nitrogens with zero attached hydrogens (tertiary/aromatic N) is 3. The lowest BCUT2D eigenvalue weighted by molar-refractivity contribution is -0.116. The van der Waals surface area contributed by atoms with Crippen LogP contribution in [0.25, 0.3) is 11.0 Å². The lowest BCUT2D eigenvalue weighted by Gasteiger charge is -2.19. The van der Waals surface area contributed by atoms with E-state index in [1.54, 1.807) is 35.5 Å². The monoisotopic (exact) mass is 364 g/mol. The molecule has 2 amide bonds. The van der Waals surface area contributed by atoms with Gasteiger partial charge in [-0.1, -0.05) is 18.2 Å². The second-order valence-electron chi connectivity index (χ2n) is 6.28. The number of aromatic nitrogens is 2. The Hall–Kier alpha value is -3.15. The highest BCUT2D eigenvalue weighted by atomic mass is 16.2. The number of carbonyl (C=O) groups is 2. The Morgan fingerprint density at radius 2 is 1.85 bits per heavy atom. The van der Waals surface area contributed by atoms with E-state index in [0.29, 0.717) is 37.3 Å². The molecule has 3 rings (SSSR count). The van der Waals surface area contributed by atoms with E-state index in [0.717, 1.165) is 11.0 Å². The lowest BCUT2D eigenvalue weighted by atomic mass is 10.1. The molecular weight excluding hydrogens is 340 g/mol. The summed E-state index contributed by atoms with van der Waals surface area (Å²) < 4.78 is 1.97. The summed E-state index contributed by atoms with van der Waals surface area (Å²) in [4.78, 5) is 30.9. The van der Waals surface area contributed by atoms with Gasteiger partial charge in [-0.05, 0) is 44.2 Å². The van der Waals surface area contributed by atoms with Gasteiger partial charge in [-0.3, -0.25) is 9.59 Å². The van der Waals surface area contributed by atoms with Crippen molar-refractivity contribution < 1.29 is 9.59 Å². The zero-order chi connectivity index (χ0) is 19.2. The number of nitrogens with one attached hydrogen (secondary N) is 1. The molecule has 0 aliphatic rings. The molecule has 0 aliphatic carbocycles. The van der Waals surface area contributed by atoms with E-state index < -0.39 is 0 Å². The van der Waals surface area contributed by atoms with Crippen LogP contribution in [0.1, 0.15) is 30.6 Å². The largest absolute Gasteiger partial charge is 0.339 e. The topological polar surface area (TPSA) is 67.2 Å². The van der Waals surface area contributed by atoms with Crippen molar-refractivity contribution in [3.8, 4) is 0 Å². The maximum absolute atomic E-state index is 12.5. The van der Waals surface area contributed by atoms with Gasteiger partial charge in [0.2, 0.25) is 5.91 Å². The molecular formula is C21H24N4O2. The van der Waals surface area contributed by atoms with Crippen molar-refractivity contribution in [2.45, 2.75) is 26.8 Å². The summed E-state index contributed by atoms with van der Waals surface area (Å²) in [5.74, 6) is -0.124. The van der Waals surface area contributed by atoms with Crippen molar-refractivity contribution in [3.63, 3.8) is 0 Å². The molecule has 1 heterocycles. The first kappa shape index (κ1) is 18.6. The molecule has 1 aromatic heterocycles. The Labute approximate surface area is 158 Å². The van der Waals surface area contributed by atoms with Crippen molar-refractivity contribution in [1.29, 1.82) is 0 Å². The minimum atomic E-state index is -0.0970. The third-order valence-corrected chi connectivity index (χ3v) is 4.55. The van der Waals surface area contributed by atoms with Crippen LogP contribution in [0.4, 0.5) is 5.69 Å². The van der Waals surface area contributed by atoms with Gasteiger partial charge < -0.3 is 14.8 Å². The van der Waals surface area contributed by atoms with Gasteiger partial charge in [0, 0.05) is 37.3 Å². The molecule has 6 heteroatoms. The van der Waals surface area contributed by atoms with E-state index in [-0.39, 0.29) is 11.8 Å². The number of carbonyl (C=O) groups excluding carboxylic acids is 2. The highest BCUT2D eigenvalue weighted by Gasteiger charge is 2.13. The van der Waals surface area contributed by atoms with Crippen LogP contribution >= 0.6 is 0 Å². The van der Waals surface area contributed by atoms with Crippen LogP contribution in [0.3, 0.4) is 0 Å². The van der Waals surface area contributed by atoms with Crippen LogP contribution in [0.15, 0.2) is 54.9 Å². The summed E-state index contributed by atoms with van der Waals surface area (Å²) in [6.45, 7) is 5.76. The van der Waals surface area contributed by atoms with E-state index in [2.05, 4.69) is 10.3 Å². The molecule has 2 aromatic carbocycles. The van der Waals surface area contributed by atoms with Gasteiger partial charge >= 0.3 is 0 Å². The van der Waals surface area contributed by atoms with Crippen molar-refractivity contribution in [2.75, 3.05) is 18.4 Å². The molecule has 0 radical (unpaired) electrons. The number of anilines is 1. The molecule has 3 aromatic rings. The first-order chi connectivity index (χ1) is 13.1. The standard InChI is InChI=1S/C21H24N4O2/c1-3-24(4-2)21(27)16-8-7-9-17(14-16)23-20(26)12-13-25-15-22-18-10-5-6-11-19(18)25/h5-11,14-15H,3-4,12-13H2,1-2H3,(H,23,26). The number of amides is 2. The molecule has 0 bridgehead atoms. The lowest BCUT2D eigenvalue weighted by Crippen LogP contribution is -2.30. The maximum atomic E-state index is 12.5. The number of fused-ring (bicyclic) bond motifs is 1. The Morgan fingerprint density at radius 3 is 2.63 bits per heavy atom. The average molecular weight is 364 g/mol. The van der Waals surface area contributed by atoms with Crippen LogP contribution in [-0.2, 0) is 11.3 Å². The van der Waals surface area contributed by atoms with Gasteiger partial charge in [-0.2, -0.15) is 0 Å². The number of para-hydroxylation sites is 2. The molecule has 0 saturated carbocycles. The van der Waals surface area contributed by atoms with E-state index in [1.165, 1.54) is 0 Å². The third kappa shape index (κ3) is 4.34. The van der Waals surface area contributed by atoms with Gasteiger partial charge in [-0.15, -0.1) is 0 Å². The molecule has 0 saturated heterocycles. The minimum Gasteiger partial charge on any atom is -0.339 e. The Morgan fingerprint density at radius 1 is 1.07 bits per heavy atom. The molecule has 1 N–H and O–H groups in total. The Balaban J connectivity index is 1.62. The molecule has 140 valence electrons. The third-order valence-electron chi connectivity index (χ3n) is 4.55. The van der Waals surface area contributed by atoms with Gasteiger partial charge in [0.15, 0.2) is 0 Å². The predicted octanol–water partition coefficient (Wildman–Crippen LogP) is 3.55. The first-order valence-corrected chi connectivity index (χ1v) is 9.21. The number of rotatable bonds is 7. The van der Waals surface area contributed by atoms with E-state index >= 15 is 0 Å². The molecule has 0 aliphatic heterocycles. The fraction of sp³-hybridized carbons (Fsp3) is 0.286. The molecule has 0 unspecified atom stereocenters. The number of aryl methyl sites for hydroxylation is 1. The van der Waals surface area contributed by atoms with Crippen molar-refractivity contribution >= 4 is 28.5 Å². The highest BCUT2D eigenvalue weighted by molar-refractivity contribution is 5.97. The predicted molar refractivity (Wildman–Crippen MR) is 107 cm³/mol. The number of imidazole rings is 1. The summed E-state index contributed by atoms with van der Waals surface area (Å²) in [6.07, 6.45) is 2.08. The number of benzene rings is 2. The summed E-state index contributed by atoms with van der Waals surface area (Å²) >= 11 is 0. The zero-order valence-electron chi connectivity index (χ0n) is 15.7. The smallest absolute Gasteiger partial charge is 0.253 e. The highest BCUT2D eigenvalue weighted by Crippen LogP contribution is 2.15. The Kier molecular flexibility index (Phi) is 5.86. The molecule has 6 nitrogen and oxygen atoms in total. The van der Waals surface area contributed by atoms with E-state index in [1.807, 2.05) is 42.7 Å². The van der Waals surface area contributed by atoms with E-state index in [9.17, 15) is 9.59 Å². The molecule has 0 fully saturated rings. The van der Waals surface area contributed by atoms with Gasteiger partial charge in [0.1, 0.15) is 0 Å². The van der Waals surface area contributed by atoms with Crippen molar-refractivity contribution in [1.82, 2.24) is 14.5 Å². The van der Waals surface area contributed by atoms with Gasteiger partial charge in [0.25, 0.3) is 5.91 Å². The maximum Gasteiger partial charge on any atom is 0.253 e. The summed E-state index contributed by atoms with van der Waals surface area (Å²) in [5, 5.41) is 2.88. The first-order valence-electron chi connectivity index (χ1n) is 9.21. The summed E-state index contributed by atoms with van der Waals surface area (Å²) in [6, 6.07) is 14.9. The van der Waals surface area contributed by atoms with Crippen LogP contribution < -0.4 is 5.32 Å². The molecule has 27 heavy (non-hydrogen) atoms. The van der Waals surface area contributed by atoms with E-state index in [4.69, 9.17) is 0 Å². The van der Waals surface area contributed by atoms with Gasteiger partial charge in [-0.25, -0.2) is 4.98 Å². The fourth-order valence-corrected chi connectivity index (χ4v) is 3.06. The quantitative estimate of drug-likeness (QED) is 0.697. The minimum absolute atomic E-state index is 0.0269. The summed E-state index contributed by atoms with van der Waals surface area (Å²) in [5.41, 5.74) is 3.14. The number of hydrogen-bond acceptors (Lipinski definition) is 3. The van der Waals surface area contributed by atoms with Crippen LogP contribution in [-0.4, -0.2) is 39.4 Å². The fourth-order valence-electron chi connectivity index (χ4n) is 3.06. The van der Waals surface area contributed by atoms with Crippen LogP contribution in [0, 0.1) is 0 Å². The average Bonchev–Trinajstić information content (AvgIpc) is 3.10. The van der Waals surface area contributed by atoms with Crippen molar-refractivity contribution in [3.05, 3.63) is 60.4 Å². The second-order valence-corrected chi connectivity index (χ2v) is 6.28. The van der Waals surface area contributed by atoms with Gasteiger partial charge in [0.05, 0.1) is 17.4 Å². The second kappa shape index (κ2) is 8.49. The zero-order valence-corrected chi connectivity index (χ0v) is 15.7. The molecule has 0 atom stereocenters. The normalized spacial score (nSPS) is 10.7. The number of hydrogen-bond donors (Lipinski definition) is 1. The van der Waals surface area contributed by atoms with Crippen LogP contribution in [0.5, 0.6) is 0 Å².